The van der Waals surface area contributed by atoms with Crippen LogP contribution in [0.5, 0.6) is 0 Å². The zero-order chi connectivity index (χ0) is 48.0. The summed E-state index contributed by atoms with van der Waals surface area (Å²) < 4.78 is 8.96. The van der Waals surface area contributed by atoms with Crippen LogP contribution in [0.25, 0.3) is 60.0 Å². The van der Waals surface area contributed by atoms with Crippen LogP contribution in [0.15, 0.2) is 246 Å². The summed E-state index contributed by atoms with van der Waals surface area (Å²) in [5.74, 6) is 0.488. The maximum atomic E-state index is 7.54. The summed E-state index contributed by atoms with van der Waals surface area (Å²) in [7, 11) is 0. The first-order chi connectivity index (χ1) is 36.2. The Morgan fingerprint density at radius 1 is 0.589 bits per heavy atom. The highest BCUT2D eigenvalue weighted by atomic mass is 32.1. The van der Waals surface area contributed by atoms with Gasteiger partial charge < -0.3 is 14.2 Å². The smallest absolute Gasteiger partial charge is 0.160 e. The maximum Gasteiger partial charge on any atom is 0.160 e. The molecule has 2 aromatic heterocycles. The summed E-state index contributed by atoms with van der Waals surface area (Å²) in [5, 5.41) is 6.02. The van der Waals surface area contributed by atoms with Gasteiger partial charge in [0.05, 0.1) is 11.1 Å². The van der Waals surface area contributed by atoms with Crippen LogP contribution in [-0.2, 0) is 11.8 Å². The molecule has 4 heteroatoms. The average molecular weight is 957 g/mol. The molecule has 0 N–H and O–H groups in total. The number of thiophene rings is 1. The molecule has 0 fully saturated rings. The van der Waals surface area contributed by atoms with E-state index in [9.17, 15) is 0 Å². The molecule has 0 saturated heterocycles. The van der Waals surface area contributed by atoms with Gasteiger partial charge in [-0.2, -0.15) is 0 Å². The number of hydrogen-bond acceptors (Lipinski definition) is 4. The Balaban J connectivity index is 1.09. The van der Waals surface area contributed by atoms with E-state index in [1.165, 1.54) is 70.4 Å². The molecule has 350 valence electrons. The van der Waals surface area contributed by atoms with E-state index in [0.717, 1.165) is 88.9 Å². The highest BCUT2D eigenvalue weighted by molar-refractivity contribution is 7.19. The van der Waals surface area contributed by atoms with Gasteiger partial charge >= 0.3 is 0 Å². The fourth-order valence-corrected chi connectivity index (χ4v) is 14.7. The minimum atomic E-state index is -0.510. The summed E-state index contributed by atoms with van der Waals surface area (Å²) >= 11 is 2.04. The molecule has 2 heterocycles. The third-order valence-corrected chi connectivity index (χ3v) is 17.7. The van der Waals surface area contributed by atoms with E-state index in [1.807, 2.05) is 11.3 Å². The largest absolute Gasteiger partial charge is 0.454 e. The van der Waals surface area contributed by atoms with Crippen LogP contribution >= 0.6 is 11.3 Å². The zero-order valence-electron chi connectivity index (χ0n) is 40.5. The van der Waals surface area contributed by atoms with E-state index < -0.39 is 5.41 Å². The van der Waals surface area contributed by atoms with E-state index in [2.05, 4.69) is 240 Å². The second-order valence-corrected chi connectivity index (χ2v) is 21.5. The van der Waals surface area contributed by atoms with Crippen molar-refractivity contribution in [3.63, 3.8) is 0 Å². The van der Waals surface area contributed by atoms with Gasteiger partial charge in [-0.05, 0) is 155 Å². The van der Waals surface area contributed by atoms with Crippen LogP contribution in [0.4, 0.5) is 28.4 Å². The molecule has 15 rings (SSSR count). The van der Waals surface area contributed by atoms with Gasteiger partial charge in [-0.25, -0.2) is 0 Å². The normalized spacial score (nSPS) is 20.2. The Morgan fingerprint density at radius 3 is 2.22 bits per heavy atom. The topological polar surface area (TPSA) is 19.6 Å². The van der Waals surface area contributed by atoms with Gasteiger partial charge in [0.2, 0.25) is 0 Å². The van der Waals surface area contributed by atoms with Gasteiger partial charge in [0, 0.05) is 65.7 Å². The van der Waals surface area contributed by atoms with Crippen LogP contribution in [0.1, 0.15) is 53.7 Å². The highest BCUT2D eigenvalue weighted by Gasteiger charge is 2.53. The molecule has 0 saturated carbocycles. The lowest BCUT2D eigenvalue weighted by Crippen LogP contribution is -2.36. The Bertz CT molecular complexity index is 4050. The van der Waals surface area contributed by atoms with Crippen molar-refractivity contribution in [2.75, 3.05) is 9.80 Å². The minimum absolute atomic E-state index is 0.157. The first-order valence-corrected chi connectivity index (χ1v) is 27.0. The summed E-state index contributed by atoms with van der Waals surface area (Å²) in [6.07, 6.45) is 41.4. The number of hydrogen-bond donors (Lipinski definition) is 0. The number of nitrogens with zero attached hydrogens (tertiary/aromatic N) is 2. The number of anilines is 5. The van der Waals surface area contributed by atoms with Gasteiger partial charge in [0.25, 0.3) is 0 Å². The standard InChI is InChI=1S/C69H52N2OS/c1-5-23-49(24-6-1)69(50-25-7-2-8-26-50)61-44-60-59-43-55(70(51-27-9-3-10-28-51)53-35-33-45-19-13-15-21-47(45)41-53)37-40-62(59)72-67(60)66(64(61)58-39-38-57-56-31-17-18-32-63(56)73-68(57)65(58)69)71(52-29-11-4-12-30-52)54-36-34-46-20-14-16-22-48(46)42-54/h1,3-7,9-17,19-23,25-31,33-40,42-44,47,49H,2,8,18,24,32,41H2. The Kier molecular flexibility index (Phi) is 9.88. The molecule has 0 amide bonds. The highest BCUT2D eigenvalue weighted by Crippen LogP contribution is 2.66. The predicted octanol–water partition coefficient (Wildman–Crippen LogP) is 19.2. The first-order valence-electron chi connectivity index (χ1n) is 26.2. The SMILES string of the molecule is C1=CCC(C2(C3=CCCC=C3)c3cc4c(oc5ccc(N(C6=CC=C7C=CC=CC7C6)c6ccccc6)cc54)c(N(c4ccccc4)c4ccc5ccccc5c4)c3-c3ccc4c5c(sc4c32)CCC=C5)C=C1. The summed E-state index contributed by atoms with van der Waals surface area (Å²) in [5.41, 5.74) is 17.5. The molecule has 0 radical (unpaired) electrons. The molecule has 0 spiro atoms. The average Bonchev–Trinajstić information content (AvgIpc) is 4.22. The molecule has 3 unspecified atom stereocenters. The lowest BCUT2D eigenvalue weighted by molar-refractivity contribution is 0.457. The van der Waals surface area contributed by atoms with Gasteiger partial charge in [-0.1, -0.05) is 164 Å². The molecule has 0 bridgehead atoms. The molecule has 3 atom stereocenters. The summed E-state index contributed by atoms with van der Waals surface area (Å²) in [4.78, 5) is 6.48. The lowest BCUT2D eigenvalue weighted by Gasteiger charge is -2.41. The third-order valence-electron chi connectivity index (χ3n) is 16.4. The molecular formula is C69H52N2OS. The zero-order valence-corrected chi connectivity index (χ0v) is 41.4. The van der Waals surface area contributed by atoms with Gasteiger partial charge in [-0.3, -0.25) is 0 Å². The quantitative estimate of drug-likeness (QED) is 0.151. The van der Waals surface area contributed by atoms with Crippen LogP contribution in [-0.4, -0.2) is 0 Å². The van der Waals surface area contributed by atoms with Crippen molar-refractivity contribution in [1.82, 2.24) is 0 Å². The van der Waals surface area contributed by atoms with E-state index in [0.29, 0.717) is 5.92 Å². The molecule has 73 heavy (non-hydrogen) atoms. The maximum absolute atomic E-state index is 7.54. The number of rotatable bonds is 8. The number of fused-ring (bicyclic) bond motifs is 12. The van der Waals surface area contributed by atoms with Crippen molar-refractivity contribution in [3.8, 4) is 11.1 Å². The first kappa shape index (κ1) is 42.5. The molecule has 6 aliphatic carbocycles. The number of furan rings is 1. The minimum Gasteiger partial charge on any atom is -0.454 e. The van der Waals surface area contributed by atoms with Crippen molar-refractivity contribution in [1.29, 1.82) is 0 Å². The molecular weight excluding hydrogens is 905 g/mol. The predicted molar refractivity (Wildman–Crippen MR) is 309 cm³/mol. The summed E-state index contributed by atoms with van der Waals surface area (Å²) in [6.45, 7) is 0. The molecule has 6 aliphatic rings. The number of para-hydroxylation sites is 2. The van der Waals surface area contributed by atoms with E-state index in [-0.39, 0.29) is 5.92 Å². The van der Waals surface area contributed by atoms with Crippen molar-refractivity contribution in [3.05, 3.63) is 263 Å². The van der Waals surface area contributed by atoms with Gasteiger partial charge in [0.15, 0.2) is 5.58 Å². The fourth-order valence-electron chi connectivity index (χ4n) is 13.2. The van der Waals surface area contributed by atoms with E-state index in [4.69, 9.17) is 4.42 Å². The van der Waals surface area contributed by atoms with Crippen LogP contribution in [0.2, 0.25) is 0 Å². The van der Waals surface area contributed by atoms with Crippen molar-refractivity contribution in [2.45, 2.75) is 43.9 Å². The second-order valence-electron chi connectivity index (χ2n) is 20.4. The van der Waals surface area contributed by atoms with Crippen molar-refractivity contribution in [2.24, 2.45) is 11.8 Å². The van der Waals surface area contributed by atoms with Crippen LogP contribution in [0, 0.1) is 11.8 Å². The summed E-state index contributed by atoms with van der Waals surface area (Å²) in [6, 6.07) is 52.0. The number of allylic oxidation sites excluding steroid dienone is 17. The number of aryl methyl sites for hydroxylation is 1. The molecule has 3 nitrogen and oxygen atoms in total. The molecule has 9 aromatic rings. The monoisotopic (exact) mass is 956 g/mol. The Labute approximate surface area is 430 Å². The third kappa shape index (κ3) is 6.56. The fraction of sp³-hybridized carbons (Fsp3) is 0.130. The Hall–Kier alpha value is -8.18. The van der Waals surface area contributed by atoms with Crippen LogP contribution in [0.3, 0.4) is 0 Å². The molecule has 7 aromatic carbocycles. The van der Waals surface area contributed by atoms with Crippen molar-refractivity contribution < 1.29 is 4.42 Å². The number of benzene rings is 7. The lowest BCUT2D eigenvalue weighted by atomic mass is 9.61. The van der Waals surface area contributed by atoms with Gasteiger partial charge in [0.1, 0.15) is 5.58 Å². The van der Waals surface area contributed by atoms with Crippen molar-refractivity contribution >= 4 is 88.6 Å². The van der Waals surface area contributed by atoms with E-state index in [1.54, 1.807) is 0 Å². The molecule has 0 aliphatic heterocycles. The second kappa shape index (κ2) is 17.0. The van der Waals surface area contributed by atoms with Gasteiger partial charge in [-0.15, -0.1) is 11.3 Å². The Morgan fingerprint density at radius 2 is 1.38 bits per heavy atom. The van der Waals surface area contributed by atoms with Crippen LogP contribution < -0.4 is 9.80 Å². The van der Waals surface area contributed by atoms with E-state index >= 15 is 0 Å².